The number of benzene rings is 1. The molecule has 0 unspecified atom stereocenters. The van der Waals surface area contributed by atoms with Crippen molar-refractivity contribution in [3.8, 4) is 0 Å². The number of alkyl halides is 8. The van der Waals surface area contributed by atoms with Gasteiger partial charge in [0.05, 0.1) is 11.4 Å². The van der Waals surface area contributed by atoms with Crippen LogP contribution in [0.1, 0.15) is 30.0 Å². The monoisotopic (exact) mass is 615 g/mol. The number of allylic oxidation sites excluding steroid dienone is 3. The van der Waals surface area contributed by atoms with Crippen LogP contribution in [0.3, 0.4) is 0 Å². The molecule has 0 aliphatic carbocycles. The second kappa shape index (κ2) is 17.9. The number of rotatable bonds is 10. The Kier molecular flexibility index (Phi) is 17.1. The Balaban J connectivity index is 0.00000308. The van der Waals surface area contributed by atoms with Gasteiger partial charge in [0.15, 0.2) is 10.8 Å². The van der Waals surface area contributed by atoms with Gasteiger partial charge in [-0.15, -0.1) is 34.5 Å². The van der Waals surface area contributed by atoms with Crippen molar-refractivity contribution in [2.45, 2.75) is 39.3 Å². The van der Waals surface area contributed by atoms with Crippen LogP contribution in [-0.2, 0) is 19.3 Å². The highest BCUT2D eigenvalue weighted by molar-refractivity contribution is 7.15. The summed E-state index contributed by atoms with van der Waals surface area (Å²) in [6.45, 7) is 1.52. The van der Waals surface area contributed by atoms with E-state index in [-0.39, 0.29) is 23.1 Å². The minimum absolute atomic E-state index is 0.0755. The summed E-state index contributed by atoms with van der Waals surface area (Å²) >= 11 is 16.5. The third-order valence-electron chi connectivity index (χ3n) is 3.95. The van der Waals surface area contributed by atoms with E-state index in [0.717, 1.165) is 17.0 Å². The number of anilines is 1. The fourth-order valence-corrected chi connectivity index (χ4v) is 4.18. The van der Waals surface area contributed by atoms with Gasteiger partial charge in [-0.2, -0.15) is 26.3 Å². The summed E-state index contributed by atoms with van der Waals surface area (Å²) in [5, 5.41) is 2.89. The lowest BCUT2D eigenvalue weighted by molar-refractivity contribution is -0.149. The first-order valence-electron chi connectivity index (χ1n) is 10.7. The first-order valence-corrected chi connectivity index (χ1v) is 13.2. The smallest absolute Gasteiger partial charge is 0.358 e. The van der Waals surface area contributed by atoms with E-state index in [4.69, 9.17) is 23.2 Å². The van der Waals surface area contributed by atoms with E-state index in [0.29, 0.717) is 16.4 Å². The predicted octanol–water partition coefficient (Wildman–Crippen LogP) is 9.08. The zero-order valence-corrected chi connectivity index (χ0v) is 23.2. The van der Waals surface area contributed by atoms with Crippen LogP contribution in [0.25, 0.3) is 0 Å². The fraction of sp³-hybridized carbons (Fsp3) is 0.435. The van der Waals surface area contributed by atoms with Gasteiger partial charge in [-0.05, 0) is 23.8 Å². The van der Waals surface area contributed by atoms with E-state index in [1.807, 2.05) is 13.8 Å². The van der Waals surface area contributed by atoms with Crippen LogP contribution in [0.5, 0.6) is 0 Å². The number of halogens is 10. The Morgan fingerprint density at radius 1 is 1.11 bits per heavy atom. The molecule has 3 nitrogen and oxygen atoms in total. The van der Waals surface area contributed by atoms with E-state index in [1.54, 1.807) is 0 Å². The van der Waals surface area contributed by atoms with Crippen LogP contribution in [0, 0.1) is 5.82 Å². The summed E-state index contributed by atoms with van der Waals surface area (Å²) in [4.78, 5) is 3.89. The van der Waals surface area contributed by atoms with Gasteiger partial charge >= 0.3 is 12.4 Å². The molecule has 1 N–H and O–H groups in total. The average Bonchev–Trinajstić information content (AvgIpc) is 3.21. The molecule has 1 aromatic heterocycles. The van der Waals surface area contributed by atoms with Crippen molar-refractivity contribution in [3.05, 3.63) is 69.5 Å². The van der Waals surface area contributed by atoms with E-state index in [1.165, 1.54) is 36.7 Å². The van der Waals surface area contributed by atoms with Crippen molar-refractivity contribution in [2.24, 2.45) is 0 Å². The Bertz CT molecular complexity index is 977. The molecule has 0 bridgehead atoms. The third-order valence-corrected chi connectivity index (χ3v) is 5.38. The summed E-state index contributed by atoms with van der Waals surface area (Å²) < 4.78 is 93.1. The van der Waals surface area contributed by atoms with Crippen molar-refractivity contribution < 1.29 is 30.7 Å². The lowest BCUT2D eigenvalue weighted by atomic mass is 10.2. The lowest BCUT2D eigenvalue weighted by Gasteiger charge is -2.23. The third kappa shape index (κ3) is 14.8. The van der Waals surface area contributed by atoms with Gasteiger partial charge in [-0.1, -0.05) is 49.7 Å². The molecule has 0 radical (unpaired) electrons. The van der Waals surface area contributed by atoms with Crippen LogP contribution in [-0.4, -0.2) is 41.4 Å². The Hall–Kier alpha value is -1.53. The molecule has 0 fully saturated rings. The van der Waals surface area contributed by atoms with Gasteiger partial charge in [0.25, 0.3) is 0 Å². The lowest BCUT2D eigenvalue weighted by Crippen LogP contribution is -2.33. The number of hydrogen-bond acceptors (Lipinski definition) is 4. The van der Waals surface area contributed by atoms with Gasteiger partial charge in [-0.3, -0.25) is 4.90 Å². The highest BCUT2D eigenvalue weighted by atomic mass is 35.5. The number of nitrogens with zero attached hydrogens (tertiary/aromatic N) is 2. The Labute approximate surface area is 230 Å². The maximum atomic E-state index is 13.5. The Morgan fingerprint density at radius 3 is 2.30 bits per heavy atom. The molecule has 0 aliphatic rings. The van der Waals surface area contributed by atoms with Crippen molar-refractivity contribution in [3.63, 3.8) is 0 Å². The van der Waals surface area contributed by atoms with Gasteiger partial charge in [0.1, 0.15) is 5.82 Å². The van der Waals surface area contributed by atoms with Crippen molar-refractivity contribution in [1.29, 1.82) is 0 Å². The molecular formula is C23H27Cl3F7N3S. The van der Waals surface area contributed by atoms with Crippen LogP contribution in [0.4, 0.5) is 35.9 Å². The molecule has 210 valence electrons. The van der Waals surface area contributed by atoms with Crippen LogP contribution in [0.15, 0.2) is 47.5 Å². The molecule has 0 saturated heterocycles. The van der Waals surface area contributed by atoms with Gasteiger partial charge in [0, 0.05) is 36.9 Å². The largest absolute Gasteiger partial charge is 0.434 e. The quantitative estimate of drug-likeness (QED) is 0.164. The molecule has 1 aromatic carbocycles. The molecule has 0 saturated carbocycles. The van der Waals surface area contributed by atoms with Crippen LogP contribution >= 0.6 is 46.1 Å². The predicted molar refractivity (Wildman–Crippen MR) is 139 cm³/mol. The van der Waals surface area contributed by atoms with Crippen LogP contribution < -0.4 is 5.32 Å². The highest BCUT2D eigenvalue weighted by Gasteiger charge is 2.39. The maximum Gasteiger partial charge on any atom is 0.434 e. The van der Waals surface area contributed by atoms with E-state index < -0.39 is 48.4 Å². The normalized spacial score (nSPS) is 12.2. The zero-order chi connectivity index (χ0) is 28.6. The van der Waals surface area contributed by atoms with Gasteiger partial charge < -0.3 is 5.32 Å². The average molecular weight is 617 g/mol. The maximum absolute atomic E-state index is 13.5. The number of aromatic nitrogens is 1. The molecular weight excluding hydrogens is 590 g/mol. The van der Waals surface area contributed by atoms with E-state index in [2.05, 4.69) is 21.9 Å². The standard InChI is InChI=1S/C20H18Cl2F7N3S.C2H6.CH3Cl/c21-7-6-14(22)4-2-8-30-18-31-17(20(27,28)29)16(33-18)11-32(12-19(24,25)26)10-13-3-1-5-15(23)9-13;2*1-2/h1-6,9H,7-8,10-12H2,(H,30,31);1-2H3;1H3/b4-2-,14-6+;;. The number of thiazole rings is 1. The molecule has 0 spiro atoms. The minimum Gasteiger partial charge on any atom is -0.358 e. The summed E-state index contributed by atoms with van der Waals surface area (Å²) in [6, 6.07) is 4.86. The van der Waals surface area contributed by atoms with Crippen molar-refractivity contribution in [1.82, 2.24) is 9.88 Å². The summed E-state index contributed by atoms with van der Waals surface area (Å²) in [5.74, 6) is -0.473. The Morgan fingerprint density at radius 2 is 1.76 bits per heavy atom. The molecule has 37 heavy (non-hydrogen) atoms. The molecule has 2 rings (SSSR count). The van der Waals surface area contributed by atoms with E-state index >= 15 is 0 Å². The van der Waals surface area contributed by atoms with E-state index in [9.17, 15) is 30.7 Å². The molecule has 0 amide bonds. The first-order chi connectivity index (χ1) is 17.4. The SMILES string of the molecule is CC.CCl.Fc1cccc(CN(Cc2sc(NC/C=C\C(Cl)=C/CCl)nc2C(F)(F)F)CC(F)(F)F)c1. The zero-order valence-electron chi connectivity index (χ0n) is 20.2. The second-order valence-corrected chi connectivity index (χ2v) is 8.53. The van der Waals surface area contributed by atoms with Gasteiger partial charge in [-0.25, -0.2) is 9.37 Å². The first kappa shape index (κ1) is 35.5. The molecule has 14 heteroatoms. The summed E-state index contributed by atoms with van der Waals surface area (Å²) in [7, 11) is 0. The summed E-state index contributed by atoms with van der Waals surface area (Å²) in [5.41, 5.74) is -1.08. The molecule has 1 heterocycles. The summed E-state index contributed by atoms with van der Waals surface area (Å²) in [6.07, 6.45) is -3.54. The highest BCUT2D eigenvalue weighted by Crippen LogP contribution is 2.37. The molecule has 0 atom stereocenters. The fourth-order valence-electron chi connectivity index (χ4n) is 2.73. The van der Waals surface area contributed by atoms with Crippen LogP contribution in [0.2, 0.25) is 0 Å². The van der Waals surface area contributed by atoms with Crippen molar-refractivity contribution in [2.75, 3.05) is 30.7 Å². The minimum atomic E-state index is -4.86. The molecule has 0 aliphatic heterocycles. The van der Waals surface area contributed by atoms with Crippen molar-refractivity contribution >= 4 is 51.3 Å². The van der Waals surface area contributed by atoms with Gasteiger partial charge in [0.2, 0.25) is 0 Å². The second-order valence-electron chi connectivity index (χ2n) is 6.71. The number of hydrogen-bond donors (Lipinski definition) is 1. The topological polar surface area (TPSA) is 28.2 Å². The molecule has 2 aromatic rings. The number of nitrogens with one attached hydrogen (secondary N) is 1.